The summed E-state index contributed by atoms with van der Waals surface area (Å²) in [5.74, 6) is -0.670. The maximum atomic E-state index is 12.5. The average Bonchev–Trinajstić information content (AvgIpc) is 2.48. The molecule has 1 heterocycles. The van der Waals surface area contributed by atoms with Gasteiger partial charge in [0.2, 0.25) is 11.0 Å². The molecule has 104 valence electrons. The monoisotopic (exact) mass is 299 g/mol. The molecule has 0 saturated carbocycles. The van der Waals surface area contributed by atoms with Crippen LogP contribution in [0, 0.1) is 16.0 Å². The quantitative estimate of drug-likeness (QED) is 0.477. The number of amides is 1. The number of carbonyl (C=O) groups is 1. The van der Waals surface area contributed by atoms with Crippen molar-refractivity contribution in [3.05, 3.63) is 58.7 Å². The van der Waals surface area contributed by atoms with Crippen LogP contribution in [0.1, 0.15) is 0 Å². The summed E-state index contributed by atoms with van der Waals surface area (Å²) in [6.07, 6.45) is 7.08. The Morgan fingerprint density at radius 3 is 2.62 bits per heavy atom. The lowest BCUT2D eigenvalue weighted by molar-refractivity contribution is -0.384. The van der Waals surface area contributed by atoms with Crippen LogP contribution in [0.25, 0.3) is 0 Å². The fourth-order valence-corrected chi connectivity index (χ4v) is 2.50. The highest BCUT2D eigenvalue weighted by molar-refractivity contribution is 7.80. The molecular weight excluding hydrogens is 290 g/mol. The second-order valence-electron chi connectivity index (χ2n) is 4.49. The van der Waals surface area contributed by atoms with Crippen molar-refractivity contribution in [2.45, 2.75) is 0 Å². The number of nitro groups is 1. The van der Waals surface area contributed by atoms with Crippen LogP contribution in [0.3, 0.4) is 0 Å². The number of non-ortho nitro benzene ring substituents is 1. The number of hydrogen-bond acceptors (Lipinski definition) is 4. The summed E-state index contributed by atoms with van der Waals surface area (Å²) < 4.78 is 0. The van der Waals surface area contributed by atoms with Crippen molar-refractivity contribution in [2.75, 3.05) is 4.90 Å². The molecule has 1 aliphatic heterocycles. The predicted molar refractivity (Wildman–Crippen MR) is 82.4 cm³/mol. The van der Waals surface area contributed by atoms with Crippen molar-refractivity contribution < 1.29 is 9.72 Å². The predicted octanol–water partition coefficient (Wildman–Crippen LogP) is 2.41. The number of carbonyl (C=O) groups excluding carboxylic acids is 1. The van der Waals surface area contributed by atoms with Crippen LogP contribution < -0.4 is 4.90 Å². The van der Waals surface area contributed by atoms with Gasteiger partial charge in [-0.05, 0) is 30.4 Å². The number of fused-ring (bicyclic) bond motifs is 1. The van der Waals surface area contributed by atoms with Gasteiger partial charge >= 0.3 is 0 Å². The van der Waals surface area contributed by atoms with Gasteiger partial charge in [-0.2, -0.15) is 0 Å². The Morgan fingerprint density at radius 2 is 1.95 bits per heavy atom. The third-order valence-electron chi connectivity index (χ3n) is 3.22. The van der Waals surface area contributed by atoms with Gasteiger partial charge in [-0.1, -0.05) is 18.2 Å². The van der Waals surface area contributed by atoms with Gasteiger partial charge in [0.1, 0.15) is 0 Å². The molecule has 0 saturated heterocycles. The number of nitro benzene ring substituents is 1. The first-order chi connectivity index (χ1) is 10.1. The van der Waals surface area contributed by atoms with Crippen LogP contribution in [0.4, 0.5) is 11.4 Å². The number of anilines is 1. The highest BCUT2D eigenvalue weighted by atomic mass is 32.1. The van der Waals surface area contributed by atoms with Gasteiger partial charge in [0.25, 0.3) is 5.69 Å². The van der Waals surface area contributed by atoms with Crippen LogP contribution in [-0.4, -0.2) is 21.7 Å². The molecule has 1 unspecified atom stereocenters. The Hall–Kier alpha value is -2.67. The fourth-order valence-electron chi connectivity index (χ4n) is 2.20. The van der Waals surface area contributed by atoms with E-state index in [9.17, 15) is 14.9 Å². The summed E-state index contributed by atoms with van der Waals surface area (Å²) in [5.41, 5.74) is 1.05. The minimum atomic E-state index is -0.495. The Morgan fingerprint density at radius 1 is 1.24 bits per heavy atom. The lowest BCUT2D eigenvalue weighted by Gasteiger charge is -2.30. The molecule has 1 aromatic carbocycles. The molecule has 0 radical (unpaired) electrons. The van der Waals surface area contributed by atoms with Crippen molar-refractivity contribution in [1.29, 1.82) is 0 Å². The zero-order chi connectivity index (χ0) is 15.0. The summed E-state index contributed by atoms with van der Waals surface area (Å²) >= 11 is 5.16. The minimum absolute atomic E-state index is 0.0428. The van der Waals surface area contributed by atoms with Crippen LogP contribution in [0.5, 0.6) is 0 Å². The molecule has 1 aliphatic carbocycles. The van der Waals surface area contributed by atoms with Crippen molar-refractivity contribution in [1.82, 2.24) is 0 Å². The van der Waals surface area contributed by atoms with E-state index in [2.05, 4.69) is 4.99 Å². The standard InChI is InChI=1S/C14H9N3O3S/c18-13-11-3-1-2-4-12(11)15-14(21)16(13)9-5-7-10(8-6-9)17(19)20/h1-8,11H. The zero-order valence-electron chi connectivity index (χ0n) is 10.7. The number of rotatable bonds is 2. The third kappa shape index (κ3) is 2.27. The summed E-state index contributed by atoms with van der Waals surface area (Å²) in [5, 5.41) is 10.8. The highest BCUT2D eigenvalue weighted by Crippen LogP contribution is 2.26. The first kappa shape index (κ1) is 13.3. The van der Waals surface area contributed by atoms with Crippen LogP contribution in [-0.2, 0) is 4.79 Å². The number of aliphatic imine (C=N–C) groups is 1. The number of hydrogen-bond donors (Lipinski definition) is 0. The SMILES string of the molecule is O=C1C2C=CC=CC2=NC(=S)N1c1ccc([N+](=O)[O-])cc1. The summed E-state index contributed by atoms with van der Waals surface area (Å²) in [4.78, 5) is 28.3. The van der Waals surface area contributed by atoms with Gasteiger partial charge in [0.05, 0.1) is 22.2 Å². The van der Waals surface area contributed by atoms with E-state index < -0.39 is 10.8 Å². The first-order valence-corrected chi connectivity index (χ1v) is 6.54. The number of thiocarbonyl (C=S) groups is 1. The smallest absolute Gasteiger partial charge is 0.269 e. The molecule has 1 amide bonds. The van der Waals surface area contributed by atoms with Gasteiger partial charge in [-0.3, -0.25) is 19.8 Å². The van der Waals surface area contributed by atoms with E-state index in [0.29, 0.717) is 11.4 Å². The minimum Gasteiger partial charge on any atom is -0.273 e. The van der Waals surface area contributed by atoms with E-state index in [4.69, 9.17) is 12.2 Å². The fraction of sp³-hybridized carbons (Fsp3) is 0.0714. The molecule has 7 heteroatoms. The molecule has 21 heavy (non-hydrogen) atoms. The normalized spacial score (nSPS) is 20.3. The molecule has 1 atom stereocenters. The summed E-state index contributed by atoms with van der Waals surface area (Å²) in [6.45, 7) is 0. The second-order valence-corrected chi connectivity index (χ2v) is 4.85. The van der Waals surface area contributed by atoms with E-state index in [1.54, 1.807) is 24.3 Å². The maximum absolute atomic E-state index is 12.5. The zero-order valence-corrected chi connectivity index (χ0v) is 11.5. The molecular formula is C14H9N3O3S. The summed E-state index contributed by atoms with van der Waals surface area (Å²) in [7, 11) is 0. The number of nitrogens with zero attached hydrogens (tertiary/aromatic N) is 3. The van der Waals surface area contributed by atoms with E-state index in [1.165, 1.54) is 29.2 Å². The Labute approximate surface area is 125 Å². The van der Waals surface area contributed by atoms with Gasteiger partial charge in [-0.25, -0.2) is 4.99 Å². The molecule has 1 aromatic rings. The average molecular weight is 299 g/mol. The largest absolute Gasteiger partial charge is 0.273 e. The van der Waals surface area contributed by atoms with Gasteiger partial charge in [0, 0.05) is 12.1 Å². The first-order valence-electron chi connectivity index (χ1n) is 6.14. The topological polar surface area (TPSA) is 75.8 Å². The van der Waals surface area contributed by atoms with Crippen LogP contribution in [0.2, 0.25) is 0 Å². The Balaban J connectivity index is 1.98. The maximum Gasteiger partial charge on any atom is 0.269 e. The van der Waals surface area contributed by atoms with Crippen molar-refractivity contribution in [3.8, 4) is 0 Å². The van der Waals surface area contributed by atoms with E-state index in [0.717, 1.165) is 0 Å². The van der Waals surface area contributed by atoms with Crippen LogP contribution in [0.15, 0.2) is 53.6 Å². The molecule has 0 aromatic heterocycles. The highest BCUT2D eigenvalue weighted by Gasteiger charge is 2.34. The lowest BCUT2D eigenvalue weighted by Crippen LogP contribution is -2.46. The third-order valence-corrected chi connectivity index (χ3v) is 3.50. The van der Waals surface area contributed by atoms with Gasteiger partial charge < -0.3 is 0 Å². The molecule has 2 aliphatic rings. The molecule has 0 N–H and O–H groups in total. The van der Waals surface area contributed by atoms with E-state index >= 15 is 0 Å². The van der Waals surface area contributed by atoms with Crippen molar-refractivity contribution >= 4 is 40.3 Å². The Bertz CT molecular complexity index is 734. The second kappa shape index (κ2) is 5.02. The molecule has 0 bridgehead atoms. The van der Waals surface area contributed by atoms with Gasteiger partial charge in [0.15, 0.2) is 0 Å². The van der Waals surface area contributed by atoms with E-state index in [-0.39, 0.29) is 16.7 Å². The summed E-state index contributed by atoms with van der Waals surface area (Å²) in [6, 6.07) is 5.65. The molecule has 3 rings (SSSR count). The number of benzene rings is 1. The number of allylic oxidation sites excluding steroid dienone is 3. The van der Waals surface area contributed by atoms with Gasteiger partial charge in [-0.15, -0.1) is 0 Å². The van der Waals surface area contributed by atoms with Crippen LogP contribution >= 0.6 is 12.2 Å². The van der Waals surface area contributed by atoms with Crippen molar-refractivity contribution in [2.24, 2.45) is 10.9 Å². The Kier molecular flexibility index (Phi) is 3.19. The molecule has 0 spiro atoms. The lowest BCUT2D eigenvalue weighted by atomic mass is 9.95. The molecule has 0 fully saturated rings. The van der Waals surface area contributed by atoms with Crippen molar-refractivity contribution in [3.63, 3.8) is 0 Å². The van der Waals surface area contributed by atoms with E-state index in [1.807, 2.05) is 0 Å². The molecule has 6 nitrogen and oxygen atoms in total.